The Morgan fingerprint density at radius 3 is 2.77 bits per heavy atom. The number of halogens is 1. The monoisotopic (exact) mass is 316 g/mol. The van der Waals surface area contributed by atoms with Crippen LogP contribution in [0.25, 0.3) is 0 Å². The van der Waals surface area contributed by atoms with E-state index < -0.39 is 0 Å². The first-order valence-corrected chi connectivity index (χ1v) is 7.69. The number of hydrogen-bond donors (Lipinski definition) is 2. The van der Waals surface area contributed by atoms with E-state index in [1.807, 2.05) is 19.1 Å². The van der Waals surface area contributed by atoms with Crippen LogP contribution in [0, 0.1) is 0 Å². The number of rotatable bonds is 3. The smallest absolute Gasteiger partial charge is 0.281 e. The van der Waals surface area contributed by atoms with Gasteiger partial charge in [-0.25, -0.2) is 5.43 Å². The van der Waals surface area contributed by atoms with Crippen LogP contribution in [-0.2, 0) is 12.8 Å². The van der Waals surface area contributed by atoms with Crippen molar-refractivity contribution in [2.24, 2.45) is 5.10 Å². The van der Waals surface area contributed by atoms with Crippen LogP contribution in [0.3, 0.4) is 0 Å². The molecule has 0 fully saturated rings. The second kappa shape index (κ2) is 6.32. The topological polar surface area (TPSA) is 70.1 Å². The number of aromatic nitrogens is 2. The Morgan fingerprint density at radius 2 is 2.00 bits per heavy atom. The number of amides is 1. The zero-order valence-electron chi connectivity index (χ0n) is 12.3. The minimum Gasteiger partial charge on any atom is -0.281 e. The normalized spacial score (nSPS) is 14.5. The summed E-state index contributed by atoms with van der Waals surface area (Å²) in [6.07, 6.45) is 4.10. The molecular weight excluding hydrogens is 300 g/mol. The first-order chi connectivity index (χ1) is 10.6. The van der Waals surface area contributed by atoms with Gasteiger partial charge in [0.15, 0.2) is 5.69 Å². The van der Waals surface area contributed by atoms with Gasteiger partial charge in [-0.2, -0.15) is 10.2 Å². The van der Waals surface area contributed by atoms with Crippen molar-refractivity contribution >= 4 is 23.2 Å². The summed E-state index contributed by atoms with van der Waals surface area (Å²) in [5, 5.41) is 11.9. The number of nitrogens with one attached hydrogen (secondary N) is 2. The van der Waals surface area contributed by atoms with E-state index in [1.54, 1.807) is 12.1 Å². The Balaban J connectivity index is 1.73. The summed E-state index contributed by atoms with van der Waals surface area (Å²) < 4.78 is 0. The number of carbonyl (C=O) groups is 1. The number of H-pyrrole nitrogens is 1. The van der Waals surface area contributed by atoms with Crippen LogP contribution >= 0.6 is 11.6 Å². The van der Waals surface area contributed by atoms with Gasteiger partial charge < -0.3 is 0 Å². The molecule has 1 heterocycles. The van der Waals surface area contributed by atoms with Gasteiger partial charge in [-0.1, -0.05) is 23.7 Å². The number of hydrazone groups is 1. The zero-order valence-corrected chi connectivity index (χ0v) is 13.1. The highest BCUT2D eigenvalue weighted by Crippen LogP contribution is 2.22. The van der Waals surface area contributed by atoms with E-state index in [-0.39, 0.29) is 5.91 Å². The van der Waals surface area contributed by atoms with Crippen molar-refractivity contribution in [3.63, 3.8) is 0 Å². The largest absolute Gasteiger partial charge is 0.292 e. The molecule has 22 heavy (non-hydrogen) atoms. The number of benzene rings is 1. The van der Waals surface area contributed by atoms with Crippen molar-refractivity contribution in [3.05, 3.63) is 51.8 Å². The molecule has 2 aromatic rings. The van der Waals surface area contributed by atoms with Crippen molar-refractivity contribution in [2.45, 2.75) is 32.6 Å². The number of aryl methyl sites for hydroxylation is 1. The average Bonchev–Trinajstić information content (AvgIpc) is 2.97. The van der Waals surface area contributed by atoms with Gasteiger partial charge in [-0.05, 0) is 50.3 Å². The fourth-order valence-electron chi connectivity index (χ4n) is 2.61. The Bertz CT molecular complexity index is 718. The van der Waals surface area contributed by atoms with Crippen LogP contribution in [0.5, 0.6) is 0 Å². The first-order valence-electron chi connectivity index (χ1n) is 7.32. The van der Waals surface area contributed by atoms with Crippen molar-refractivity contribution in [1.82, 2.24) is 15.6 Å². The number of nitrogens with zero attached hydrogens (tertiary/aromatic N) is 2. The number of hydrogen-bond acceptors (Lipinski definition) is 3. The van der Waals surface area contributed by atoms with Crippen LogP contribution in [-0.4, -0.2) is 21.8 Å². The third kappa shape index (κ3) is 3.04. The minimum absolute atomic E-state index is 0.271. The molecule has 0 atom stereocenters. The Hall–Kier alpha value is -2.14. The maximum atomic E-state index is 12.2. The van der Waals surface area contributed by atoms with Gasteiger partial charge in [0.05, 0.1) is 5.71 Å². The van der Waals surface area contributed by atoms with Crippen molar-refractivity contribution in [3.8, 4) is 0 Å². The third-order valence-corrected chi connectivity index (χ3v) is 4.11. The zero-order chi connectivity index (χ0) is 15.5. The van der Waals surface area contributed by atoms with E-state index >= 15 is 0 Å². The fourth-order valence-corrected chi connectivity index (χ4v) is 2.74. The molecular formula is C16H17ClN4O. The molecule has 0 saturated heterocycles. The van der Waals surface area contributed by atoms with Gasteiger partial charge in [-0.3, -0.25) is 9.89 Å². The summed E-state index contributed by atoms with van der Waals surface area (Å²) in [6.45, 7) is 1.84. The molecule has 0 bridgehead atoms. The van der Waals surface area contributed by atoms with E-state index in [4.69, 9.17) is 11.6 Å². The highest BCUT2D eigenvalue weighted by Gasteiger charge is 2.21. The lowest BCUT2D eigenvalue weighted by Crippen LogP contribution is -2.21. The maximum absolute atomic E-state index is 12.2. The average molecular weight is 317 g/mol. The second-order valence-electron chi connectivity index (χ2n) is 5.38. The van der Waals surface area contributed by atoms with E-state index in [9.17, 15) is 4.79 Å². The predicted molar refractivity (Wildman–Crippen MR) is 86.4 cm³/mol. The summed E-state index contributed by atoms with van der Waals surface area (Å²) in [7, 11) is 0. The molecule has 6 heteroatoms. The lowest BCUT2D eigenvalue weighted by molar-refractivity contribution is 0.0949. The van der Waals surface area contributed by atoms with Crippen LogP contribution < -0.4 is 5.43 Å². The molecule has 0 unspecified atom stereocenters. The van der Waals surface area contributed by atoms with E-state index in [2.05, 4.69) is 20.7 Å². The molecule has 0 spiro atoms. The SMILES string of the molecule is CC(=NNC(=O)c1n[nH]c2c1CCCC2)c1ccc(Cl)cc1. The molecule has 2 N–H and O–H groups in total. The van der Waals surface area contributed by atoms with Crippen molar-refractivity contribution < 1.29 is 4.79 Å². The lowest BCUT2D eigenvalue weighted by atomic mass is 9.96. The highest BCUT2D eigenvalue weighted by atomic mass is 35.5. The van der Waals surface area contributed by atoms with Crippen molar-refractivity contribution in [1.29, 1.82) is 0 Å². The van der Waals surface area contributed by atoms with Gasteiger partial charge in [-0.15, -0.1) is 0 Å². The van der Waals surface area contributed by atoms with Crippen LogP contribution in [0.15, 0.2) is 29.4 Å². The molecule has 1 aromatic carbocycles. The Morgan fingerprint density at radius 1 is 1.27 bits per heavy atom. The number of fused-ring (bicyclic) bond motifs is 1. The maximum Gasteiger partial charge on any atom is 0.292 e. The van der Waals surface area contributed by atoms with Crippen LogP contribution in [0.4, 0.5) is 0 Å². The van der Waals surface area contributed by atoms with Gasteiger partial charge in [0.2, 0.25) is 0 Å². The quantitative estimate of drug-likeness (QED) is 0.674. The third-order valence-electron chi connectivity index (χ3n) is 3.86. The molecule has 1 aromatic heterocycles. The Labute approximate surface area is 133 Å². The highest BCUT2D eigenvalue weighted by molar-refractivity contribution is 6.30. The minimum atomic E-state index is -0.271. The Kier molecular flexibility index (Phi) is 4.24. The number of aromatic amines is 1. The fraction of sp³-hybridized carbons (Fsp3) is 0.312. The molecule has 1 aliphatic rings. The van der Waals surface area contributed by atoms with Crippen LogP contribution in [0.2, 0.25) is 5.02 Å². The summed E-state index contributed by atoms with van der Waals surface area (Å²) in [5.74, 6) is -0.271. The van der Waals surface area contributed by atoms with Gasteiger partial charge >= 0.3 is 0 Å². The summed E-state index contributed by atoms with van der Waals surface area (Å²) in [4.78, 5) is 12.2. The predicted octanol–water partition coefficient (Wildman–Crippen LogP) is 3.10. The first kappa shape index (κ1) is 14.8. The van der Waals surface area contributed by atoms with Gasteiger partial charge in [0.25, 0.3) is 5.91 Å². The summed E-state index contributed by atoms with van der Waals surface area (Å²) in [5.41, 5.74) is 6.78. The molecule has 114 valence electrons. The van der Waals surface area contributed by atoms with E-state index in [0.29, 0.717) is 10.7 Å². The van der Waals surface area contributed by atoms with E-state index in [1.165, 1.54) is 0 Å². The lowest BCUT2D eigenvalue weighted by Gasteiger charge is -2.10. The van der Waals surface area contributed by atoms with Gasteiger partial charge in [0, 0.05) is 16.3 Å². The molecule has 1 amide bonds. The van der Waals surface area contributed by atoms with E-state index in [0.717, 1.165) is 48.2 Å². The van der Waals surface area contributed by atoms with Crippen LogP contribution in [0.1, 0.15) is 47.1 Å². The standard InChI is InChI=1S/C16H17ClN4O/c1-10(11-6-8-12(17)9-7-11)18-21-16(22)15-13-4-2-3-5-14(13)19-20-15/h6-9H,2-5H2,1H3,(H,19,20)(H,21,22). The summed E-state index contributed by atoms with van der Waals surface area (Å²) >= 11 is 5.86. The molecule has 3 rings (SSSR count). The second-order valence-corrected chi connectivity index (χ2v) is 5.82. The molecule has 1 aliphatic carbocycles. The molecule has 0 saturated carbocycles. The molecule has 5 nitrogen and oxygen atoms in total. The number of carbonyl (C=O) groups excluding carboxylic acids is 1. The van der Waals surface area contributed by atoms with Crippen molar-refractivity contribution in [2.75, 3.05) is 0 Å². The molecule has 0 aliphatic heterocycles. The molecule has 0 radical (unpaired) electrons. The van der Waals surface area contributed by atoms with Gasteiger partial charge in [0.1, 0.15) is 0 Å². The summed E-state index contributed by atoms with van der Waals surface area (Å²) in [6, 6.07) is 7.32.